The SMILES string of the molecule is CCCn1c(NC(=O)C2CCN(S(=O)(=O)c3cccc(C(F)(F)F)c3)CC2)nc2ccccc21. The Balaban J connectivity index is 1.45. The number of nitrogens with zero attached hydrogens (tertiary/aromatic N) is 3. The van der Waals surface area contributed by atoms with Gasteiger partial charge in [0, 0.05) is 25.6 Å². The summed E-state index contributed by atoms with van der Waals surface area (Å²) >= 11 is 0. The summed E-state index contributed by atoms with van der Waals surface area (Å²) < 4.78 is 67.9. The smallest absolute Gasteiger partial charge is 0.310 e. The molecule has 7 nitrogen and oxygen atoms in total. The Morgan fingerprint density at radius 1 is 1.12 bits per heavy atom. The number of fused-ring (bicyclic) bond motifs is 1. The fraction of sp³-hybridized carbons (Fsp3) is 0.391. The molecule has 1 aliphatic heterocycles. The highest BCUT2D eigenvalue weighted by Crippen LogP contribution is 2.32. The first kappa shape index (κ1) is 24.2. The van der Waals surface area contributed by atoms with Gasteiger partial charge in [0.25, 0.3) is 0 Å². The topological polar surface area (TPSA) is 84.3 Å². The van der Waals surface area contributed by atoms with Crippen molar-refractivity contribution in [1.29, 1.82) is 0 Å². The first-order chi connectivity index (χ1) is 16.1. The molecule has 0 atom stereocenters. The molecule has 2 aromatic carbocycles. The Morgan fingerprint density at radius 2 is 1.82 bits per heavy atom. The van der Waals surface area contributed by atoms with Crippen LogP contribution in [0.15, 0.2) is 53.4 Å². The number of aryl methyl sites for hydroxylation is 1. The third kappa shape index (κ3) is 4.80. The second-order valence-electron chi connectivity index (χ2n) is 8.27. The minimum absolute atomic E-state index is 0.0437. The standard InChI is InChI=1S/C23H25F3N4O3S/c1-2-12-30-20-9-4-3-8-19(20)27-22(30)28-21(31)16-10-13-29(14-11-16)34(32,33)18-7-5-6-17(15-18)23(24,25)26/h3-9,15-16H,2,10-14H2,1H3,(H,27,28,31). The fourth-order valence-corrected chi connectivity index (χ4v) is 5.69. The van der Waals surface area contributed by atoms with E-state index in [1.54, 1.807) is 0 Å². The number of carbonyl (C=O) groups excluding carboxylic acids is 1. The summed E-state index contributed by atoms with van der Waals surface area (Å²) in [4.78, 5) is 17.0. The number of imidazole rings is 1. The molecule has 182 valence electrons. The molecule has 0 saturated carbocycles. The van der Waals surface area contributed by atoms with Crippen LogP contribution in [0.4, 0.5) is 19.1 Å². The first-order valence-corrected chi connectivity index (χ1v) is 12.5. The van der Waals surface area contributed by atoms with Gasteiger partial charge in [0.05, 0.1) is 21.5 Å². The molecule has 4 rings (SSSR count). The average Bonchev–Trinajstić information content (AvgIpc) is 3.16. The van der Waals surface area contributed by atoms with E-state index in [0.29, 0.717) is 18.6 Å². The van der Waals surface area contributed by atoms with Crippen molar-refractivity contribution in [1.82, 2.24) is 13.9 Å². The molecule has 3 aromatic rings. The molecule has 1 saturated heterocycles. The Morgan fingerprint density at radius 3 is 2.50 bits per heavy atom. The van der Waals surface area contributed by atoms with Crippen LogP contribution in [-0.4, -0.2) is 41.3 Å². The molecular formula is C23H25F3N4O3S. The zero-order chi connectivity index (χ0) is 24.5. The van der Waals surface area contributed by atoms with Gasteiger partial charge in [-0.2, -0.15) is 17.5 Å². The van der Waals surface area contributed by atoms with Crippen molar-refractivity contribution in [2.24, 2.45) is 5.92 Å². The number of nitrogens with one attached hydrogen (secondary N) is 1. The third-order valence-corrected chi connectivity index (χ3v) is 7.86. The van der Waals surface area contributed by atoms with Crippen LogP contribution < -0.4 is 5.32 Å². The van der Waals surface area contributed by atoms with E-state index >= 15 is 0 Å². The van der Waals surface area contributed by atoms with Crippen LogP contribution in [0.5, 0.6) is 0 Å². The number of para-hydroxylation sites is 2. The lowest BCUT2D eigenvalue weighted by atomic mass is 9.97. The lowest BCUT2D eigenvalue weighted by Gasteiger charge is -2.30. The highest BCUT2D eigenvalue weighted by molar-refractivity contribution is 7.89. The minimum Gasteiger partial charge on any atom is -0.310 e. The van der Waals surface area contributed by atoms with Crippen molar-refractivity contribution < 1.29 is 26.4 Å². The first-order valence-electron chi connectivity index (χ1n) is 11.0. The maximum atomic E-state index is 13.0. The number of carbonyl (C=O) groups is 1. The Hall–Kier alpha value is -2.92. The van der Waals surface area contributed by atoms with E-state index in [1.165, 1.54) is 0 Å². The van der Waals surface area contributed by atoms with Gasteiger partial charge in [0.2, 0.25) is 21.9 Å². The van der Waals surface area contributed by atoms with Gasteiger partial charge in [-0.3, -0.25) is 10.1 Å². The maximum absolute atomic E-state index is 13.0. The number of hydrogen-bond acceptors (Lipinski definition) is 4. The van der Waals surface area contributed by atoms with Crippen LogP contribution in [0, 0.1) is 5.92 Å². The Bertz CT molecular complexity index is 1300. The highest BCUT2D eigenvalue weighted by Gasteiger charge is 2.35. The predicted molar refractivity (Wildman–Crippen MR) is 122 cm³/mol. The number of amides is 1. The van der Waals surface area contributed by atoms with E-state index < -0.39 is 32.6 Å². The van der Waals surface area contributed by atoms with Gasteiger partial charge in [-0.25, -0.2) is 13.4 Å². The lowest BCUT2D eigenvalue weighted by Crippen LogP contribution is -2.41. The van der Waals surface area contributed by atoms with E-state index in [1.807, 2.05) is 35.8 Å². The Labute approximate surface area is 195 Å². The van der Waals surface area contributed by atoms with Gasteiger partial charge in [-0.1, -0.05) is 25.1 Å². The van der Waals surface area contributed by atoms with E-state index in [9.17, 15) is 26.4 Å². The molecule has 1 amide bonds. The predicted octanol–water partition coefficient (Wildman–Crippen LogP) is 4.50. The number of aromatic nitrogens is 2. The van der Waals surface area contributed by atoms with Crippen molar-refractivity contribution in [3.05, 3.63) is 54.1 Å². The normalized spacial score (nSPS) is 16.1. The van der Waals surface area contributed by atoms with Gasteiger partial charge in [-0.15, -0.1) is 0 Å². The van der Waals surface area contributed by atoms with Crippen molar-refractivity contribution in [2.75, 3.05) is 18.4 Å². The summed E-state index contributed by atoms with van der Waals surface area (Å²) in [6.45, 7) is 2.80. The summed E-state index contributed by atoms with van der Waals surface area (Å²) in [5.41, 5.74) is 0.674. The second-order valence-corrected chi connectivity index (χ2v) is 10.2. The summed E-state index contributed by atoms with van der Waals surface area (Å²) in [5, 5.41) is 2.88. The number of alkyl halides is 3. The molecule has 0 aliphatic carbocycles. The third-order valence-electron chi connectivity index (χ3n) is 5.96. The maximum Gasteiger partial charge on any atom is 0.416 e. The molecule has 2 heterocycles. The van der Waals surface area contributed by atoms with Gasteiger partial charge in [-0.05, 0) is 49.6 Å². The molecule has 0 unspecified atom stereocenters. The van der Waals surface area contributed by atoms with Crippen LogP contribution >= 0.6 is 0 Å². The Kier molecular flexibility index (Phi) is 6.68. The molecular weight excluding hydrogens is 469 g/mol. The molecule has 0 bridgehead atoms. The minimum atomic E-state index is -4.63. The summed E-state index contributed by atoms with van der Waals surface area (Å²) in [6.07, 6.45) is -3.25. The largest absolute Gasteiger partial charge is 0.416 e. The molecule has 1 aromatic heterocycles. The number of halogens is 3. The summed E-state index contributed by atoms with van der Waals surface area (Å²) in [5.74, 6) is -0.223. The number of anilines is 1. The van der Waals surface area contributed by atoms with Crippen molar-refractivity contribution in [3.63, 3.8) is 0 Å². The molecule has 11 heteroatoms. The molecule has 1 aliphatic rings. The van der Waals surface area contributed by atoms with E-state index in [-0.39, 0.29) is 31.8 Å². The number of hydrogen-bond donors (Lipinski definition) is 1. The van der Waals surface area contributed by atoms with E-state index in [0.717, 1.165) is 40.0 Å². The molecule has 1 N–H and O–H groups in total. The van der Waals surface area contributed by atoms with E-state index in [4.69, 9.17) is 0 Å². The van der Waals surface area contributed by atoms with Crippen LogP contribution in [0.1, 0.15) is 31.7 Å². The van der Waals surface area contributed by atoms with E-state index in [2.05, 4.69) is 10.3 Å². The number of rotatable bonds is 6. The van der Waals surface area contributed by atoms with Crippen molar-refractivity contribution in [3.8, 4) is 0 Å². The van der Waals surface area contributed by atoms with Crippen LogP contribution in [0.3, 0.4) is 0 Å². The zero-order valence-electron chi connectivity index (χ0n) is 18.5. The highest BCUT2D eigenvalue weighted by atomic mass is 32.2. The van der Waals surface area contributed by atoms with Crippen LogP contribution in [0.2, 0.25) is 0 Å². The number of benzene rings is 2. The zero-order valence-corrected chi connectivity index (χ0v) is 19.4. The summed E-state index contributed by atoms with van der Waals surface area (Å²) in [7, 11) is -4.10. The second kappa shape index (κ2) is 9.38. The molecule has 0 radical (unpaired) electrons. The van der Waals surface area contributed by atoms with Gasteiger partial charge >= 0.3 is 6.18 Å². The summed E-state index contributed by atoms with van der Waals surface area (Å²) in [6, 6.07) is 11.3. The lowest BCUT2D eigenvalue weighted by molar-refractivity contribution is -0.137. The van der Waals surface area contributed by atoms with Crippen LogP contribution in [-0.2, 0) is 27.5 Å². The van der Waals surface area contributed by atoms with Crippen molar-refractivity contribution in [2.45, 2.75) is 43.8 Å². The molecule has 0 spiro atoms. The molecule has 34 heavy (non-hydrogen) atoms. The number of piperidine rings is 1. The average molecular weight is 495 g/mol. The quantitative estimate of drug-likeness (QED) is 0.547. The monoisotopic (exact) mass is 494 g/mol. The number of sulfonamides is 1. The molecule has 1 fully saturated rings. The van der Waals surface area contributed by atoms with Gasteiger partial charge < -0.3 is 4.57 Å². The van der Waals surface area contributed by atoms with Gasteiger partial charge in [0.15, 0.2) is 0 Å². The fourth-order valence-electron chi connectivity index (χ4n) is 4.17. The van der Waals surface area contributed by atoms with Gasteiger partial charge in [0.1, 0.15) is 0 Å². The van der Waals surface area contributed by atoms with Crippen molar-refractivity contribution >= 4 is 32.9 Å². The van der Waals surface area contributed by atoms with Crippen LogP contribution in [0.25, 0.3) is 11.0 Å².